The van der Waals surface area contributed by atoms with E-state index in [0.29, 0.717) is 18.7 Å². The zero-order valence-electron chi connectivity index (χ0n) is 16.1. The van der Waals surface area contributed by atoms with Crippen LogP contribution in [0.15, 0.2) is 42.6 Å². The lowest BCUT2D eigenvalue weighted by atomic mass is 10.1. The van der Waals surface area contributed by atoms with Crippen molar-refractivity contribution in [2.45, 2.75) is 20.1 Å². The summed E-state index contributed by atoms with van der Waals surface area (Å²) < 4.78 is 5.09. The molecule has 0 spiro atoms. The fraction of sp³-hybridized carbons (Fsp3) is 0.429. The molecular formula is C21H28N4O2. The van der Waals surface area contributed by atoms with Crippen LogP contribution in [0.2, 0.25) is 0 Å². The lowest BCUT2D eigenvalue weighted by Crippen LogP contribution is -2.46. The Morgan fingerprint density at radius 3 is 2.52 bits per heavy atom. The van der Waals surface area contributed by atoms with Gasteiger partial charge in [-0.25, -0.2) is 4.98 Å². The fourth-order valence-electron chi connectivity index (χ4n) is 3.24. The number of pyridine rings is 1. The predicted octanol–water partition coefficient (Wildman–Crippen LogP) is 2.30. The van der Waals surface area contributed by atoms with Gasteiger partial charge in [0.2, 0.25) is 0 Å². The molecule has 6 heteroatoms. The molecule has 0 saturated carbocycles. The summed E-state index contributed by atoms with van der Waals surface area (Å²) in [5.41, 5.74) is 2.76. The van der Waals surface area contributed by atoms with Crippen LogP contribution in [0.4, 0.5) is 5.82 Å². The first-order valence-electron chi connectivity index (χ1n) is 9.48. The maximum atomic E-state index is 12.4. The molecule has 0 unspecified atom stereocenters. The number of ether oxygens (including phenoxy) is 1. The Labute approximate surface area is 161 Å². The lowest BCUT2D eigenvalue weighted by molar-refractivity contribution is 0.0951. The summed E-state index contributed by atoms with van der Waals surface area (Å²) in [4.78, 5) is 21.6. The van der Waals surface area contributed by atoms with Crippen molar-refractivity contribution < 1.29 is 9.53 Å². The second kappa shape index (κ2) is 9.48. The fourth-order valence-corrected chi connectivity index (χ4v) is 3.24. The number of benzene rings is 1. The maximum Gasteiger partial charge on any atom is 0.251 e. The Morgan fingerprint density at radius 2 is 1.85 bits per heavy atom. The molecular weight excluding hydrogens is 340 g/mol. The van der Waals surface area contributed by atoms with Gasteiger partial charge in [-0.05, 0) is 41.9 Å². The van der Waals surface area contributed by atoms with Gasteiger partial charge < -0.3 is 19.9 Å². The van der Waals surface area contributed by atoms with Crippen molar-refractivity contribution in [3.8, 4) is 0 Å². The van der Waals surface area contributed by atoms with Gasteiger partial charge in [-0.2, -0.15) is 0 Å². The highest BCUT2D eigenvalue weighted by atomic mass is 16.5. The summed E-state index contributed by atoms with van der Waals surface area (Å²) in [5.74, 6) is 0.912. The molecule has 1 N–H and O–H groups in total. The lowest BCUT2D eigenvalue weighted by Gasteiger charge is -2.34. The molecule has 0 radical (unpaired) electrons. The minimum atomic E-state index is -0.0751. The van der Waals surface area contributed by atoms with Crippen LogP contribution >= 0.6 is 0 Å². The monoisotopic (exact) mass is 368 g/mol. The minimum absolute atomic E-state index is 0.0751. The first kappa shape index (κ1) is 19.3. The third kappa shape index (κ3) is 5.28. The van der Waals surface area contributed by atoms with Gasteiger partial charge in [-0.1, -0.05) is 19.1 Å². The quantitative estimate of drug-likeness (QED) is 0.813. The number of likely N-dealkylation sites (N-methyl/N-ethyl adjacent to an activating group) is 1. The number of piperazine rings is 1. The number of carbonyl (C=O) groups excluding carboxylic acids is 1. The molecule has 1 aromatic carbocycles. The molecule has 2 aromatic rings. The number of nitrogens with zero attached hydrogens (tertiary/aromatic N) is 3. The molecule has 0 bridgehead atoms. The summed E-state index contributed by atoms with van der Waals surface area (Å²) in [5, 5.41) is 2.99. The smallest absolute Gasteiger partial charge is 0.251 e. The highest BCUT2D eigenvalue weighted by Crippen LogP contribution is 2.15. The van der Waals surface area contributed by atoms with E-state index in [9.17, 15) is 4.79 Å². The van der Waals surface area contributed by atoms with Crippen LogP contribution in [0.1, 0.15) is 28.4 Å². The Bertz CT molecular complexity index is 740. The number of methoxy groups -OCH3 is 1. The summed E-state index contributed by atoms with van der Waals surface area (Å²) in [7, 11) is 1.66. The van der Waals surface area contributed by atoms with E-state index in [1.54, 1.807) is 7.11 Å². The number of anilines is 1. The van der Waals surface area contributed by atoms with Crippen molar-refractivity contribution in [3.05, 3.63) is 59.3 Å². The third-order valence-electron chi connectivity index (χ3n) is 4.93. The molecule has 1 aliphatic rings. The Hall–Kier alpha value is -2.44. The van der Waals surface area contributed by atoms with E-state index in [1.807, 2.05) is 36.5 Å². The van der Waals surface area contributed by atoms with E-state index >= 15 is 0 Å². The molecule has 0 atom stereocenters. The average Bonchev–Trinajstić information content (AvgIpc) is 2.73. The Morgan fingerprint density at radius 1 is 1.11 bits per heavy atom. The van der Waals surface area contributed by atoms with Crippen LogP contribution in [-0.2, 0) is 17.9 Å². The molecule has 3 rings (SSSR count). The Balaban J connectivity index is 1.55. The first-order valence-corrected chi connectivity index (χ1v) is 9.48. The number of nitrogens with one attached hydrogen (secondary N) is 1. The van der Waals surface area contributed by atoms with Crippen molar-refractivity contribution in [1.82, 2.24) is 15.2 Å². The van der Waals surface area contributed by atoms with Gasteiger partial charge in [0.1, 0.15) is 5.82 Å². The van der Waals surface area contributed by atoms with E-state index in [0.717, 1.165) is 49.7 Å². The molecule has 1 fully saturated rings. The van der Waals surface area contributed by atoms with Crippen LogP contribution in [-0.4, -0.2) is 55.6 Å². The highest BCUT2D eigenvalue weighted by molar-refractivity contribution is 5.94. The van der Waals surface area contributed by atoms with Gasteiger partial charge in [-0.3, -0.25) is 4.79 Å². The van der Waals surface area contributed by atoms with Crippen molar-refractivity contribution in [3.63, 3.8) is 0 Å². The van der Waals surface area contributed by atoms with E-state index in [-0.39, 0.29) is 5.91 Å². The van der Waals surface area contributed by atoms with Crippen molar-refractivity contribution in [2.75, 3.05) is 44.7 Å². The van der Waals surface area contributed by atoms with Gasteiger partial charge in [0.05, 0.1) is 6.61 Å². The van der Waals surface area contributed by atoms with Gasteiger partial charge in [0, 0.05) is 51.6 Å². The van der Waals surface area contributed by atoms with Gasteiger partial charge in [-0.15, -0.1) is 0 Å². The molecule has 1 aromatic heterocycles. The zero-order valence-corrected chi connectivity index (χ0v) is 16.1. The van der Waals surface area contributed by atoms with E-state index in [4.69, 9.17) is 4.74 Å². The molecule has 2 heterocycles. The predicted molar refractivity (Wildman–Crippen MR) is 107 cm³/mol. The van der Waals surface area contributed by atoms with E-state index in [1.165, 1.54) is 0 Å². The standard InChI is InChI=1S/C21H28N4O2/c1-3-24-10-12-25(13-11-24)20-14-18(8-9-22-20)15-23-21(26)19-6-4-17(5-7-19)16-27-2/h4-9,14H,3,10-13,15-16H2,1-2H3,(H,23,26). The second-order valence-corrected chi connectivity index (χ2v) is 6.76. The maximum absolute atomic E-state index is 12.4. The highest BCUT2D eigenvalue weighted by Gasteiger charge is 2.17. The summed E-state index contributed by atoms with van der Waals surface area (Å²) >= 11 is 0. The van der Waals surface area contributed by atoms with Gasteiger partial charge in [0.15, 0.2) is 0 Å². The normalized spacial score (nSPS) is 15.0. The van der Waals surface area contributed by atoms with Gasteiger partial charge >= 0.3 is 0 Å². The first-order chi connectivity index (χ1) is 13.2. The number of hydrogen-bond acceptors (Lipinski definition) is 5. The zero-order chi connectivity index (χ0) is 19.1. The van der Waals surface area contributed by atoms with Gasteiger partial charge in [0.25, 0.3) is 5.91 Å². The van der Waals surface area contributed by atoms with Crippen LogP contribution in [0.5, 0.6) is 0 Å². The van der Waals surface area contributed by atoms with Crippen molar-refractivity contribution in [1.29, 1.82) is 0 Å². The molecule has 6 nitrogen and oxygen atoms in total. The molecule has 1 amide bonds. The SMILES string of the molecule is CCN1CCN(c2cc(CNC(=O)c3ccc(COC)cc3)ccn2)CC1. The van der Waals surface area contributed by atoms with E-state index in [2.05, 4.69) is 33.1 Å². The number of hydrogen-bond donors (Lipinski definition) is 1. The summed E-state index contributed by atoms with van der Waals surface area (Å²) in [6, 6.07) is 11.5. The molecule has 1 saturated heterocycles. The third-order valence-corrected chi connectivity index (χ3v) is 4.93. The topological polar surface area (TPSA) is 57.7 Å². The number of amides is 1. The van der Waals surface area contributed by atoms with Crippen LogP contribution < -0.4 is 10.2 Å². The van der Waals surface area contributed by atoms with Crippen LogP contribution in [0.3, 0.4) is 0 Å². The molecule has 0 aliphatic carbocycles. The van der Waals surface area contributed by atoms with Crippen molar-refractivity contribution >= 4 is 11.7 Å². The largest absolute Gasteiger partial charge is 0.380 e. The summed E-state index contributed by atoms with van der Waals surface area (Å²) in [6.45, 7) is 8.45. The molecule has 144 valence electrons. The second-order valence-electron chi connectivity index (χ2n) is 6.76. The van der Waals surface area contributed by atoms with Crippen LogP contribution in [0.25, 0.3) is 0 Å². The van der Waals surface area contributed by atoms with Crippen molar-refractivity contribution in [2.24, 2.45) is 0 Å². The minimum Gasteiger partial charge on any atom is -0.380 e. The van der Waals surface area contributed by atoms with Crippen LogP contribution in [0, 0.1) is 0 Å². The van der Waals surface area contributed by atoms with E-state index < -0.39 is 0 Å². The Kier molecular flexibility index (Phi) is 6.79. The molecule has 27 heavy (non-hydrogen) atoms. The number of aromatic nitrogens is 1. The molecule has 1 aliphatic heterocycles. The number of rotatable bonds is 7. The summed E-state index contributed by atoms with van der Waals surface area (Å²) in [6.07, 6.45) is 1.82. The number of carbonyl (C=O) groups is 1. The average molecular weight is 368 g/mol.